The molecule has 1 N–H and O–H groups in total. The second kappa shape index (κ2) is 7.43. The van der Waals surface area contributed by atoms with Gasteiger partial charge < -0.3 is 15.0 Å². The molecule has 3 rings (SSSR count). The molecule has 0 aromatic rings. The van der Waals surface area contributed by atoms with E-state index in [0.29, 0.717) is 12.1 Å². The molecule has 2 aliphatic heterocycles. The van der Waals surface area contributed by atoms with Crippen molar-refractivity contribution in [1.82, 2.24) is 10.2 Å². The summed E-state index contributed by atoms with van der Waals surface area (Å²) in [5, 5.41) is 3.73. The summed E-state index contributed by atoms with van der Waals surface area (Å²) in [6.07, 6.45) is 14.0. The molecule has 2 heterocycles. The lowest BCUT2D eigenvalue weighted by Crippen LogP contribution is -2.44. The predicted octanol–water partition coefficient (Wildman–Crippen LogP) is 3.33. The van der Waals surface area contributed by atoms with Gasteiger partial charge in [0, 0.05) is 19.1 Å². The van der Waals surface area contributed by atoms with Crippen LogP contribution in [0.1, 0.15) is 71.1 Å². The third kappa shape index (κ3) is 4.43. The molecule has 0 radical (unpaired) electrons. The average Bonchev–Trinajstić information content (AvgIpc) is 2.90. The molecule has 3 fully saturated rings. The number of likely N-dealkylation sites (tertiary alicyclic amines) is 1. The summed E-state index contributed by atoms with van der Waals surface area (Å²) >= 11 is 0. The van der Waals surface area contributed by atoms with Crippen LogP contribution in [-0.4, -0.2) is 48.8 Å². The van der Waals surface area contributed by atoms with Gasteiger partial charge in [-0.05, 0) is 58.5 Å². The van der Waals surface area contributed by atoms with E-state index in [4.69, 9.17) is 4.74 Å². The zero-order valence-corrected chi connectivity index (χ0v) is 13.9. The zero-order valence-electron chi connectivity index (χ0n) is 13.9. The SMILES string of the molecule is CC(CN1CCCCC1)NCC1CCC2(CCCCC2)O1. The summed E-state index contributed by atoms with van der Waals surface area (Å²) < 4.78 is 6.45. The Balaban J connectivity index is 1.35. The lowest BCUT2D eigenvalue weighted by Gasteiger charge is -2.34. The summed E-state index contributed by atoms with van der Waals surface area (Å²) in [4.78, 5) is 2.62. The quantitative estimate of drug-likeness (QED) is 0.842. The number of ether oxygens (including phenoxy) is 1. The second-order valence-electron chi connectivity index (χ2n) is 7.69. The minimum Gasteiger partial charge on any atom is -0.370 e. The van der Waals surface area contributed by atoms with Crippen molar-refractivity contribution in [3.8, 4) is 0 Å². The van der Waals surface area contributed by atoms with E-state index in [1.54, 1.807) is 0 Å². The highest BCUT2D eigenvalue weighted by Gasteiger charge is 2.40. The highest BCUT2D eigenvalue weighted by atomic mass is 16.5. The monoisotopic (exact) mass is 294 g/mol. The van der Waals surface area contributed by atoms with Gasteiger partial charge in [-0.2, -0.15) is 0 Å². The first-order valence-corrected chi connectivity index (χ1v) is 9.39. The Hall–Kier alpha value is -0.120. The Labute approximate surface area is 130 Å². The van der Waals surface area contributed by atoms with Gasteiger partial charge in [0.15, 0.2) is 0 Å². The molecule has 122 valence electrons. The van der Waals surface area contributed by atoms with E-state index in [1.165, 1.54) is 83.8 Å². The minimum absolute atomic E-state index is 0.278. The normalized spacial score (nSPS) is 31.6. The fourth-order valence-electron chi connectivity index (χ4n) is 4.53. The molecule has 3 aliphatic rings. The van der Waals surface area contributed by atoms with Crippen LogP contribution in [0.2, 0.25) is 0 Å². The molecule has 1 saturated carbocycles. The van der Waals surface area contributed by atoms with Crippen LogP contribution in [0.15, 0.2) is 0 Å². The van der Waals surface area contributed by atoms with Crippen molar-refractivity contribution in [3.05, 3.63) is 0 Å². The third-order valence-corrected chi connectivity index (χ3v) is 5.78. The van der Waals surface area contributed by atoms with Gasteiger partial charge in [-0.1, -0.05) is 25.7 Å². The number of piperidine rings is 1. The second-order valence-corrected chi connectivity index (χ2v) is 7.69. The molecule has 0 aromatic carbocycles. The molecule has 2 saturated heterocycles. The molecule has 3 heteroatoms. The van der Waals surface area contributed by atoms with E-state index in [-0.39, 0.29) is 5.60 Å². The van der Waals surface area contributed by atoms with Gasteiger partial charge >= 0.3 is 0 Å². The minimum atomic E-state index is 0.278. The summed E-state index contributed by atoms with van der Waals surface area (Å²) in [6, 6.07) is 0.592. The van der Waals surface area contributed by atoms with Gasteiger partial charge in [-0.15, -0.1) is 0 Å². The van der Waals surface area contributed by atoms with Crippen molar-refractivity contribution in [1.29, 1.82) is 0 Å². The predicted molar refractivity (Wildman–Crippen MR) is 87.7 cm³/mol. The molecule has 0 amide bonds. The van der Waals surface area contributed by atoms with Crippen molar-refractivity contribution in [3.63, 3.8) is 0 Å². The van der Waals surface area contributed by atoms with Crippen LogP contribution < -0.4 is 5.32 Å². The van der Waals surface area contributed by atoms with Crippen molar-refractivity contribution in [2.75, 3.05) is 26.2 Å². The van der Waals surface area contributed by atoms with Gasteiger partial charge in [-0.25, -0.2) is 0 Å². The molecule has 2 atom stereocenters. The zero-order chi connectivity index (χ0) is 14.5. The number of hydrogen-bond donors (Lipinski definition) is 1. The van der Waals surface area contributed by atoms with Gasteiger partial charge in [0.2, 0.25) is 0 Å². The first-order valence-electron chi connectivity index (χ1n) is 9.39. The molecule has 3 nitrogen and oxygen atoms in total. The maximum atomic E-state index is 6.45. The summed E-state index contributed by atoms with van der Waals surface area (Å²) in [5.41, 5.74) is 0.278. The van der Waals surface area contributed by atoms with Crippen LogP contribution in [0, 0.1) is 0 Å². The van der Waals surface area contributed by atoms with Gasteiger partial charge in [-0.3, -0.25) is 0 Å². The van der Waals surface area contributed by atoms with Crippen LogP contribution in [0.25, 0.3) is 0 Å². The van der Waals surface area contributed by atoms with Crippen LogP contribution in [0.3, 0.4) is 0 Å². The van der Waals surface area contributed by atoms with E-state index in [1.807, 2.05) is 0 Å². The Morgan fingerprint density at radius 1 is 1.05 bits per heavy atom. The Morgan fingerprint density at radius 3 is 2.52 bits per heavy atom. The molecule has 1 spiro atoms. The van der Waals surface area contributed by atoms with E-state index in [0.717, 1.165) is 6.54 Å². The first-order chi connectivity index (χ1) is 10.3. The van der Waals surface area contributed by atoms with Crippen molar-refractivity contribution >= 4 is 0 Å². The molecular weight excluding hydrogens is 260 g/mol. The number of rotatable bonds is 5. The molecule has 0 aromatic heterocycles. The van der Waals surface area contributed by atoms with Crippen molar-refractivity contribution in [2.24, 2.45) is 0 Å². The molecule has 0 bridgehead atoms. The fourth-order valence-corrected chi connectivity index (χ4v) is 4.53. The Morgan fingerprint density at radius 2 is 1.76 bits per heavy atom. The standard InChI is InChI=1S/C18H34N2O/c1-16(15-20-12-6-3-7-13-20)19-14-17-8-11-18(21-17)9-4-2-5-10-18/h16-17,19H,2-15H2,1H3. The lowest BCUT2D eigenvalue weighted by molar-refractivity contribution is -0.0630. The van der Waals surface area contributed by atoms with Crippen molar-refractivity contribution < 1.29 is 4.74 Å². The first kappa shape index (κ1) is 15.8. The summed E-state index contributed by atoms with van der Waals surface area (Å²) in [7, 11) is 0. The van der Waals surface area contributed by atoms with Crippen LogP contribution in [-0.2, 0) is 4.74 Å². The number of nitrogens with zero attached hydrogens (tertiary/aromatic N) is 1. The fraction of sp³-hybridized carbons (Fsp3) is 1.00. The van der Waals surface area contributed by atoms with Crippen LogP contribution >= 0.6 is 0 Å². The van der Waals surface area contributed by atoms with Gasteiger partial charge in [0.05, 0.1) is 11.7 Å². The summed E-state index contributed by atoms with van der Waals surface area (Å²) in [5.74, 6) is 0. The smallest absolute Gasteiger partial charge is 0.0708 e. The molecular formula is C18H34N2O. The topological polar surface area (TPSA) is 24.5 Å². The number of nitrogens with one attached hydrogen (secondary N) is 1. The highest BCUT2D eigenvalue weighted by molar-refractivity contribution is 4.92. The van der Waals surface area contributed by atoms with E-state index in [9.17, 15) is 0 Å². The highest BCUT2D eigenvalue weighted by Crippen LogP contribution is 2.41. The maximum Gasteiger partial charge on any atom is 0.0708 e. The van der Waals surface area contributed by atoms with E-state index in [2.05, 4.69) is 17.1 Å². The van der Waals surface area contributed by atoms with Gasteiger partial charge in [0.25, 0.3) is 0 Å². The Kier molecular flexibility index (Phi) is 5.58. The number of hydrogen-bond acceptors (Lipinski definition) is 3. The third-order valence-electron chi connectivity index (χ3n) is 5.78. The van der Waals surface area contributed by atoms with E-state index >= 15 is 0 Å². The van der Waals surface area contributed by atoms with Gasteiger partial charge in [0.1, 0.15) is 0 Å². The molecule has 21 heavy (non-hydrogen) atoms. The van der Waals surface area contributed by atoms with Crippen molar-refractivity contribution in [2.45, 2.75) is 88.9 Å². The van der Waals surface area contributed by atoms with Crippen LogP contribution in [0.5, 0.6) is 0 Å². The Bertz CT molecular complexity index is 308. The van der Waals surface area contributed by atoms with E-state index < -0.39 is 0 Å². The molecule has 1 aliphatic carbocycles. The average molecular weight is 294 g/mol. The lowest BCUT2D eigenvalue weighted by atomic mass is 9.83. The van der Waals surface area contributed by atoms with Crippen LogP contribution in [0.4, 0.5) is 0 Å². The molecule has 2 unspecified atom stereocenters. The maximum absolute atomic E-state index is 6.45. The largest absolute Gasteiger partial charge is 0.370 e. The summed E-state index contributed by atoms with van der Waals surface area (Å²) in [6.45, 7) is 7.19.